The first kappa shape index (κ1) is 16.9. The van der Waals surface area contributed by atoms with Crippen molar-refractivity contribution in [3.63, 3.8) is 0 Å². The molecule has 1 N–H and O–H groups in total. The fourth-order valence-corrected chi connectivity index (χ4v) is 3.71. The molecule has 0 radical (unpaired) electrons. The van der Waals surface area contributed by atoms with Crippen LogP contribution in [-0.2, 0) is 4.74 Å². The van der Waals surface area contributed by atoms with Crippen molar-refractivity contribution < 1.29 is 9.84 Å². The summed E-state index contributed by atoms with van der Waals surface area (Å²) in [6.45, 7) is 11.2. The van der Waals surface area contributed by atoms with Crippen molar-refractivity contribution in [2.45, 2.75) is 51.4 Å². The highest BCUT2D eigenvalue weighted by Crippen LogP contribution is 2.29. The van der Waals surface area contributed by atoms with Gasteiger partial charge in [-0.3, -0.25) is 4.90 Å². The van der Waals surface area contributed by atoms with Crippen LogP contribution in [0.2, 0.25) is 0 Å². The van der Waals surface area contributed by atoms with Gasteiger partial charge in [0.05, 0.1) is 17.3 Å². The number of halogens is 1. The third kappa shape index (κ3) is 5.06. The van der Waals surface area contributed by atoms with Crippen molar-refractivity contribution in [3.05, 3.63) is 34.3 Å². The maximum atomic E-state index is 10.4. The lowest BCUT2D eigenvalue weighted by molar-refractivity contribution is -0.181. The summed E-state index contributed by atoms with van der Waals surface area (Å²) in [6, 6.07) is 7.90. The molecule has 1 unspecified atom stereocenters. The fraction of sp³-hybridized carbons (Fsp3) is 0.647. The molecule has 0 saturated carbocycles. The Labute approximate surface area is 136 Å². The van der Waals surface area contributed by atoms with E-state index in [1.807, 2.05) is 24.3 Å². The molecule has 2 rings (SSSR count). The summed E-state index contributed by atoms with van der Waals surface area (Å²) in [5, 5.41) is 10.4. The lowest BCUT2D eigenvalue weighted by atomic mass is 9.98. The van der Waals surface area contributed by atoms with E-state index in [9.17, 15) is 5.11 Å². The Kier molecular flexibility index (Phi) is 5.14. The number of morpholine rings is 1. The zero-order valence-electron chi connectivity index (χ0n) is 13.4. The second-order valence-corrected chi connectivity index (χ2v) is 8.11. The molecule has 1 aromatic rings. The van der Waals surface area contributed by atoms with Gasteiger partial charge in [0, 0.05) is 24.1 Å². The first-order valence-corrected chi connectivity index (χ1v) is 8.32. The predicted molar refractivity (Wildman–Crippen MR) is 89.4 cm³/mol. The summed E-state index contributed by atoms with van der Waals surface area (Å²) >= 11 is 3.45. The molecule has 0 aromatic heterocycles. The van der Waals surface area contributed by atoms with E-state index in [1.54, 1.807) is 0 Å². The van der Waals surface area contributed by atoms with Crippen molar-refractivity contribution in [1.82, 2.24) is 4.90 Å². The minimum Gasteiger partial charge on any atom is -0.388 e. The van der Waals surface area contributed by atoms with E-state index in [0.717, 1.165) is 36.1 Å². The van der Waals surface area contributed by atoms with E-state index in [4.69, 9.17) is 4.74 Å². The summed E-state index contributed by atoms with van der Waals surface area (Å²) in [6.07, 6.45) is 0.319. The van der Waals surface area contributed by atoms with Gasteiger partial charge >= 0.3 is 0 Å². The van der Waals surface area contributed by atoms with Crippen LogP contribution in [0.25, 0.3) is 0 Å². The molecule has 118 valence electrons. The molecule has 0 spiro atoms. The van der Waals surface area contributed by atoms with Crippen LogP contribution in [0.1, 0.15) is 45.8 Å². The van der Waals surface area contributed by atoms with Gasteiger partial charge in [0.25, 0.3) is 0 Å². The summed E-state index contributed by atoms with van der Waals surface area (Å²) in [5.74, 6) is 0. The van der Waals surface area contributed by atoms with Crippen LogP contribution in [0, 0.1) is 0 Å². The number of hydrogen-bond acceptors (Lipinski definition) is 3. The van der Waals surface area contributed by atoms with Gasteiger partial charge in [0.2, 0.25) is 0 Å². The number of benzene rings is 1. The molecule has 1 saturated heterocycles. The normalized spacial score (nSPS) is 23.0. The Balaban J connectivity index is 1.93. The zero-order chi connectivity index (χ0) is 15.7. The monoisotopic (exact) mass is 355 g/mol. The minimum absolute atomic E-state index is 0.136. The van der Waals surface area contributed by atoms with Crippen molar-refractivity contribution in [2.75, 3.05) is 19.6 Å². The van der Waals surface area contributed by atoms with Gasteiger partial charge < -0.3 is 9.84 Å². The molecule has 1 heterocycles. The Morgan fingerprint density at radius 3 is 2.43 bits per heavy atom. The molecule has 0 bridgehead atoms. The highest BCUT2D eigenvalue weighted by molar-refractivity contribution is 9.10. The molecular weight excluding hydrogens is 330 g/mol. The van der Waals surface area contributed by atoms with E-state index < -0.39 is 6.10 Å². The largest absolute Gasteiger partial charge is 0.388 e. The predicted octanol–water partition coefficient (Wildman–Crippen LogP) is 3.76. The highest BCUT2D eigenvalue weighted by atomic mass is 79.9. The molecule has 1 aromatic carbocycles. The average molecular weight is 356 g/mol. The molecule has 4 heteroatoms. The third-order valence-corrected chi connectivity index (χ3v) is 4.21. The molecule has 0 amide bonds. The quantitative estimate of drug-likeness (QED) is 0.892. The van der Waals surface area contributed by atoms with Gasteiger partial charge in [-0.1, -0.05) is 28.1 Å². The van der Waals surface area contributed by atoms with Gasteiger partial charge in [-0.2, -0.15) is 0 Å². The van der Waals surface area contributed by atoms with Gasteiger partial charge in [-0.05, 0) is 51.8 Å². The van der Waals surface area contributed by atoms with Crippen molar-refractivity contribution in [1.29, 1.82) is 0 Å². The SMILES string of the molecule is CC1(C)CN(CCC(O)c2cccc(Br)c2)CC(C)(C)O1. The van der Waals surface area contributed by atoms with Crippen LogP contribution in [0.3, 0.4) is 0 Å². The van der Waals surface area contributed by atoms with E-state index in [-0.39, 0.29) is 11.2 Å². The number of aliphatic hydroxyl groups excluding tert-OH is 1. The summed E-state index contributed by atoms with van der Waals surface area (Å²) in [7, 11) is 0. The van der Waals surface area contributed by atoms with Crippen LogP contribution in [0.4, 0.5) is 0 Å². The van der Waals surface area contributed by atoms with Gasteiger partial charge in [0.1, 0.15) is 0 Å². The van der Waals surface area contributed by atoms with Gasteiger partial charge in [-0.15, -0.1) is 0 Å². The first-order valence-electron chi connectivity index (χ1n) is 7.53. The molecule has 0 aliphatic carbocycles. The summed E-state index contributed by atoms with van der Waals surface area (Å²) in [5.41, 5.74) is 0.696. The van der Waals surface area contributed by atoms with Crippen molar-refractivity contribution in [3.8, 4) is 0 Å². The molecule has 1 aliphatic rings. The van der Waals surface area contributed by atoms with Gasteiger partial charge in [-0.25, -0.2) is 0 Å². The van der Waals surface area contributed by atoms with E-state index in [0.29, 0.717) is 0 Å². The lowest BCUT2D eigenvalue weighted by Crippen LogP contribution is -2.57. The van der Waals surface area contributed by atoms with Crippen LogP contribution >= 0.6 is 15.9 Å². The molecule has 3 nitrogen and oxygen atoms in total. The summed E-state index contributed by atoms with van der Waals surface area (Å²) in [4.78, 5) is 2.39. The maximum absolute atomic E-state index is 10.4. The van der Waals surface area contributed by atoms with Crippen LogP contribution in [0.15, 0.2) is 28.7 Å². The van der Waals surface area contributed by atoms with E-state index in [1.165, 1.54) is 0 Å². The van der Waals surface area contributed by atoms with Crippen LogP contribution in [-0.4, -0.2) is 40.8 Å². The lowest BCUT2D eigenvalue weighted by Gasteiger charge is -2.47. The second-order valence-electron chi connectivity index (χ2n) is 7.19. The molecule has 1 aliphatic heterocycles. The summed E-state index contributed by atoms with van der Waals surface area (Å²) < 4.78 is 7.10. The first-order chi connectivity index (χ1) is 9.67. The van der Waals surface area contributed by atoms with Crippen molar-refractivity contribution in [2.24, 2.45) is 0 Å². The number of hydrogen-bond donors (Lipinski definition) is 1. The molecule has 1 fully saturated rings. The number of rotatable bonds is 4. The Morgan fingerprint density at radius 2 is 1.86 bits per heavy atom. The average Bonchev–Trinajstić information content (AvgIpc) is 2.32. The zero-order valence-corrected chi connectivity index (χ0v) is 15.0. The van der Waals surface area contributed by atoms with E-state index >= 15 is 0 Å². The Morgan fingerprint density at radius 1 is 1.24 bits per heavy atom. The number of aliphatic hydroxyl groups is 1. The van der Waals surface area contributed by atoms with Crippen LogP contribution in [0.5, 0.6) is 0 Å². The van der Waals surface area contributed by atoms with Crippen LogP contribution < -0.4 is 0 Å². The topological polar surface area (TPSA) is 32.7 Å². The second kappa shape index (κ2) is 6.37. The highest BCUT2D eigenvalue weighted by Gasteiger charge is 2.37. The third-order valence-electron chi connectivity index (χ3n) is 3.71. The molecule has 1 atom stereocenters. The van der Waals surface area contributed by atoms with Crippen molar-refractivity contribution >= 4 is 15.9 Å². The fourth-order valence-electron chi connectivity index (χ4n) is 3.29. The number of ether oxygens (including phenoxy) is 1. The van der Waals surface area contributed by atoms with Gasteiger partial charge in [0.15, 0.2) is 0 Å². The molecular formula is C17H26BrNO2. The molecule has 21 heavy (non-hydrogen) atoms. The Hall–Kier alpha value is -0.420. The standard InChI is InChI=1S/C17H26BrNO2/c1-16(2)11-19(12-17(3,4)21-16)9-8-15(20)13-6-5-7-14(18)10-13/h5-7,10,15,20H,8-9,11-12H2,1-4H3. The number of nitrogens with zero attached hydrogens (tertiary/aromatic N) is 1. The van der Waals surface area contributed by atoms with E-state index in [2.05, 4.69) is 48.5 Å². The smallest absolute Gasteiger partial charge is 0.0802 e. The Bertz CT molecular complexity index is 471. The maximum Gasteiger partial charge on any atom is 0.0802 e. The minimum atomic E-state index is -0.420.